The number of hydrogen-bond acceptors (Lipinski definition) is 7. The van der Waals surface area contributed by atoms with Gasteiger partial charge in [0.1, 0.15) is 6.54 Å². The molecule has 0 atom stereocenters. The van der Waals surface area contributed by atoms with E-state index in [-0.39, 0.29) is 18.1 Å². The Balaban J connectivity index is 2.27. The highest BCUT2D eigenvalue weighted by Gasteiger charge is 2.36. The van der Waals surface area contributed by atoms with E-state index in [1.54, 1.807) is 32.2 Å². The first-order chi connectivity index (χ1) is 11.9. The lowest BCUT2D eigenvalue weighted by Gasteiger charge is -2.11. The van der Waals surface area contributed by atoms with Crippen LogP contribution in [0.2, 0.25) is 0 Å². The lowest BCUT2D eigenvalue weighted by atomic mass is 10.2. The van der Waals surface area contributed by atoms with Crippen molar-refractivity contribution in [1.82, 2.24) is 4.90 Å². The molecule has 1 aromatic carbocycles. The standard InChI is InChI=1S/C16H16INO6S/c1-4-24-13(19)8-18-15(20)12(25-16(18)21)7-9-5-10(17)14(23-3)11(6-9)22-2/h5-7H,4,8H2,1-3H3/b12-7+. The van der Waals surface area contributed by atoms with Crippen LogP contribution < -0.4 is 9.47 Å². The second-order valence-electron chi connectivity index (χ2n) is 4.81. The molecular weight excluding hydrogens is 461 g/mol. The van der Waals surface area contributed by atoms with Gasteiger partial charge in [0, 0.05) is 0 Å². The maximum atomic E-state index is 12.4. The molecule has 0 N–H and O–H groups in total. The van der Waals surface area contributed by atoms with E-state index in [0.717, 1.165) is 20.2 Å². The van der Waals surface area contributed by atoms with E-state index in [9.17, 15) is 14.4 Å². The minimum Gasteiger partial charge on any atom is -0.493 e. The van der Waals surface area contributed by atoms with Crippen LogP contribution in [-0.4, -0.2) is 49.4 Å². The van der Waals surface area contributed by atoms with Gasteiger partial charge >= 0.3 is 5.97 Å². The van der Waals surface area contributed by atoms with Crippen LogP contribution in [-0.2, 0) is 14.3 Å². The Bertz CT molecular complexity index is 748. The topological polar surface area (TPSA) is 82.1 Å². The fourth-order valence-corrected chi connectivity index (χ4v) is 3.83. The van der Waals surface area contributed by atoms with Crippen LogP contribution >= 0.6 is 34.4 Å². The molecule has 134 valence electrons. The Labute approximate surface area is 162 Å². The third kappa shape index (κ3) is 4.46. The predicted molar refractivity (Wildman–Crippen MR) is 102 cm³/mol. The van der Waals surface area contributed by atoms with E-state index in [0.29, 0.717) is 17.1 Å². The normalized spacial score (nSPS) is 15.7. The number of esters is 1. The van der Waals surface area contributed by atoms with Crippen LogP contribution in [0.15, 0.2) is 17.0 Å². The van der Waals surface area contributed by atoms with Gasteiger partial charge in [-0.15, -0.1) is 0 Å². The maximum Gasteiger partial charge on any atom is 0.326 e. The molecule has 1 fully saturated rings. The number of methoxy groups -OCH3 is 2. The largest absolute Gasteiger partial charge is 0.493 e. The highest BCUT2D eigenvalue weighted by Crippen LogP contribution is 2.36. The number of amides is 2. The monoisotopic (exact) mass is 477 g/mol. The van der Waals surface area contributed by atoms with Crippen molar-refractivity contribution in [3.8, 4) is 11.5 Å². The van der Waals surface area contributed by atoms with Gasteiger partial charge in [-0.05, 0) is 65.0 Å². The Morgan fingerprint density at radius 2 is 2.00 bits per heavy atom. The molecule has 1 aliphatic rings. The number of thioether (sulfide) groups is 1. The van der Waals surface area contributed by atoms with Crippen LogP contribution in [0.1, 0.15) is 12.5 Å². The summed E-state index contributed by atoms with van der Waals surface area (Å²) in [6, 6.07) is 3.52. The molecule has 2 rings (SSSR count). The number of carbonyl (C=O) groups excluding carboxylic acids is 3. The second kappa shape index (κ2) is 8.56. The smallest absolute Gasteiger partial charge is 0.326 e. The van der Waals surface area contributed by atoms with E-state index in [4.69, 9.17) is 14.2 Å². The molecule has 1 aromatic rings. The van der Waals surface area contributed by atoms with Gasteiger partial charge in [-0.3, -0.25) is 19.3 Å². The van der Waals surface area contributed by atoms with E-state index in [2.05, 4.69) is 22.6 Å². The van der Waals surface area contributed by atoms with Crippen molar-refractivity contribution in [1.29, 1.82) is 0 Å². The van der Waals surface area contributed by atoms with Crippen molar-refractivity contribution < 1.29 is 28.6 Å². The fourth-order valence-electron chi connectivity index (χ4n) is 2.14. The molecule has 9 heteroatoms. The summed E-state index contributed by atoms with van der Waals surface area (Å²) in [5, 5.41) is -0.500. The zero-order valence-electron chi connectivity index (χ0n) is 13.8. The molecule has 0 aliphatic carbocycles. The van der Waals surface area contributed by atoms with Gasteiger partial charge in [0.2, 0.25) is 0 Å². The zero-order chi connectivity index (χ0) is 18.6. The number of carbonyl (C=O) groups is 3. The Kier molecular flexibility index (Phi) is 6.71. The van der Waals surface area contributed by atoms with Crippen molar-refractivity contribution in [2.45, 2.75) is 6.92 Å². The Morgan fingerprint density at radius 3 is 2.60 bits per heavy atom. The summed E-state index contributed by atoms with van der Waals surface area (Å²) in [6.45, 7) is 1.46. The lowest BCUT2D eigenvalue weighted by Crippen LogP contribution is -2.34. The average molecular weight is 477 g/mol. The van der Waals surface area contributed by atoms with Crippen LogP contribution in [0.4, 0.5) is 4.79 Å². The average Bonchev–Trinajstić information content (AvgIpc) is 2.82. The Hall–Kier alpha value is -1.75. The molecule has 0 unspecified atom stereocenters. The molecule has 1 heterocycles. The molecule has 0 bridgehead atoms. The van der Waals surface area contributed by atoms with Crippen LogP contribution in [0.3, 0.4) is 0 Å². The van der Waals surface area contributed by atoms with Gasteiger partial charge in [0.25, 0.3) is 11.1 Å². The van der Waals surface area contributed by atoms with Crippen molar-refractivity contribution in [3.05, 3.63) is 26.2 Å². The number of benzene rings is 1. The predicted octanol–water partition coefficient (Wildman–Crippen LogP) is 2.91. The number of rotatable bonds is 6. The van der Waals surface area contributed by atoms with E-state index in [1.807, 2.05) is 0 Å². The second-order valence-corrected chi connectivity index (χ2v) is 6.97. The van der Waals surface area contributed by atoms with Gasteiger partial charge in [0.05, 0.1) is 29.3 Å². The molecule has 0 aromatic heterocycles. The first-order valence-corrected chi connectivity index (χ1v) is 9.13. The van der Waals surface area contributed by atoms with Gasteiger partial charge in [-0.2, -0.15) is 0 Å². The van der Waals surface area contributed by atoms with Gasteiger partial charge in [-0.25, -0.2) is 0 Å². The summed E-state index contributed by atoms with van der Waals surface area (Å²) in [4.78, 5) is 37.0. The molecular formula is C16H16INO6S. The fraction of sp³-hybridized carbons (Fsp3) is 0.312. The van der Waals surface area contributed by atoms with Gasteiger partial charge in [0.15, 0.2) is 11.5 Å². The van der Waals surface area contributed by atoms with Crippen LogP contribution in [0, 0.1) is 3.57 Å². The highest BCUT2D eigenvalue weighted by molar-refractivity contribution is 14.1. The summed E-state index contributed by atoms with van der Waals surface area (Å²) in [5.41, 5.74) is 0.684. The summed E-state index contributed by atoms with van der Waals surface area (Å²) in [6.07, 6.45) is 1.58. The molecule has 1 aliphatic heterocycles. The maximum absolute atomic E-state index is 12.4. The molecule has 0 saturated carbocycles. The van der Waals surface area contributed by atoms with Crippen LogP contribution in [0.25, 0.3) is 6.08 Å². The minimum atomic E-state index is -0.619. The first kappa shape index (κ1) is 19.6. The van der Waals surface area contributed by atoms with Gasteiger partial charge < -0.3 is 14.2 Å². The number of imide groups is 1. The highest BCUT2D eigenvalue weighted by atomic mass is 127. The molecule has 2 amide bonds. The first-order valence-electron chi connectivity index (χ1n) is 7.23. The number of nitrogens with zero attached hydrogens (tertiary/aromatic N) is 1. The Morgan fingerprint density at radius 1 is 1.28 bits per heavy atom. The third-order valence-corrected chi connectivity index (χ3v) is 4.93. The molecule has 25 heavy (non-hydrogen) atoms. The van der Waals surface area contributed by atoms with E-state index >= 15 is 0 Å². The van der Waals surface area contributed by atoms with Crippen molar-refractivity contribution in [2.24, 2.45) is 0 Å². The van der Waals surface area contributed by atoms with Crippen molar-refractivity contribution >= 4 is 57.5 Å². The molecule has 0 spiro atoms. The third-order valence-electron chi connectivity index (χ3n) is 3.22. The summed E-state index contributed by atoms with van der Waals surface area (Å²) in [5.74, 6) is -0.0263. The SMILES string of the molecule is CCOC(=O)CN1C(=O)S/C(=C/c2cc(I)c(OC)c(OC)c2)C1=O. The van der Waals surface area contributed by atoms with Crippen molar-refractivity contribution in [2.75, 3.05) is 27.4 Å². The van der Waals surface area contributed by atoms with Crippen LogP contribution in [0.5, 0.6) is 11.5 Å². The lowest BCUT2D eigenvalue weighted by molar-refractivity contribution is -0.145. The number of hydrogen-bond donors (Lipinski definition) is 0. The van der Waals surface area contributed by atoms with E-state index in [1.165, 1.54) is 7.11 Å². The number of halogens is 1. The van der Waals surface area contributed by atoms with Gasteiger partial charge in [-0.1, -0.05) is 0 Å². The van der Waals surface area contributed by atoms with Crippen molar-refractivity contribution in [3.63, 3.8) is 0 Å². The zero-order valence-corrected chi connectivity index (χ0v) is 16.8. The minimum absolute atomic E-state index is 0.189. The summed E-state index contributed by atoms with van der Waals surface area (Å²) < 4.78 is 16.1. The quantitative estimate of drug-likeness (QED) is 0.354. The van der Waals surface area contributed by atoms with E-state index < -0.39 is 17.1 Å². The summed E-state index contributed by atoms with van der Waals surface area (Å²) >= 11 is 2.88. The number of ether oxygens (including phenoxy) is 3. The molecule has 1 saturated heterocycles. The molecule has 0 radical (unpaired) electrons. The summed E-state index contributed by atoms with van der Waals surface area (Å²) in [7, 11) is 3.06. The molecule has 7 nitrogen and oxygen atoms in total.